The van der Waals surface area contributed by atoms with Crippen molar-refractivity contribution >= 4 is 11.2 Å². The fourth-order valence-corrected chi connectivity index (χ4v) is 2.91. The zero-order chi connectivity index (χ0) is 19.6. The van der Waals surface area contributed by atoms with Crippen molar-refractivity contribution in [3.05, 3.63) is 54.6 Å². The van der Waals surface area contributed by atoms with Gasteiger partial charge in [-0.3, -0.25) is 0 Å². The Bertz CT molecular complexity index is 702. The van der Waals surface area contributed by atoms with Crippen LogP contribution in [0.25, 0.3) is 0 Å². The minimum Gasteiger partial charge on any atom is -0.606 e. The molecule has 2 aromatic rings. The number of ether oxygens (including phenoxy) is 1. The van der Waals surface area contributed by atoms with Gasteiger partial charge in [-0.25, -0.2) is 0 Å². The highest BCUT2D eigenvalue weighted by atomic mass is 32.2. The van der Waals surface area contributed by atoms with Gasteiger partial charge >= 0.3 is 12.4 Å². The van der Waals surface area contributed by atoms with Crippen molar-refractivity contribution in [2.45, 2.75) is 27.7 Å². The molecular formula is C16H12F6O3S. The lowest BCUT2D eigenvalue weighted by molar-refractivity contribution is -0.373. The molecule has 0 bridgehead atoms. The van der Waals surface area contributed by atoms with Crippen LogP contribution in [-0.2, 0) is 11.2 Å². The van der Waals surface area contributed by atoms with E-state index < -0.39 is 35.7 Å². The number of alkyl halides is 6. The smallest absolute Gasteiger partial charge is 0.429 e. The standard InChI is InChI=1S/C16H12F6O3S/c17-15(18,19)14(23,16(20,21)22)10-25-11-6-8-13(9-7-11)26(24)12-4-2-1-3-5-12/h1-9,23H,10H2. The average Bonchev–Trinajstić information content (AvgIpc) is 2.58. The van der Waals surface area contributed by atoms with Gasteiger partial charge in [0.25, 0.3) is 5.60 Å². The van der Waals surface area contributed by atoms with Crippen LogP contribution in [0.15, 0.2) is 64.4 Å². The monoisotopic (exact) mass is 398 g/mol. The molecule has 1 N–H and O–H groups in total. The number of rotatable bonds is 5. The van der Waals surface area contributed by atoms with Gasteiger partial charge in [-0.15, -0.1) is 0 Å². The molecule has 2 aromatic carbocycles. The highest BCUT2D eigenvalue weighted by Crippen LogP contribution is 2.43. The second kappa shape index (κ2) is 7.37. The zero-order valence-electron chi connectivity index (χ0n) is 12.8. The first-order valence-electron chi connectivity index (χ1n) is 7.01. The summed E-state index contributed by atoms with van der Waals surface area (Å²) < 4.78 is 92.2. The summed E-state index contributed by atoms with van der Waals surface area (Å²) in [6.45, 7) is -2.05. The van der Waals surface area contributed by atoms with Gasteiger partial charge in [-0.2, -0.15) is 26.3 Å². The highest BCUT2D eigenvalue weighted by molar-refractivity contribution is 7.91. The molecule has 0 radical (unpaired) electrons. The Morgan fingerprint density at radius 3 is 1.73 bits per heavy atom. The molecule has 1 unspecified atom stereocenters. The molecule has 0 fully saturated rings. The minimum atomic E-state index is -5.96. The summed E-state index contributed by atoms with van der Waals surface area (Å²) in [6.07, 6.45) is -11.9. The fourth-order valence-electron chi connectivity index (χ4n) is 1.85. The Morgan fingerprint density at radius 2 is 1.27 bits per heavy atom. The maximum absolute atomic E-state index is 12.6. The quantitative estimate of drug-likeness (QED) is 0.610. The van der Waals surface area contributed by atoms with E-state index in [1.165, 1.54) is 12.1 Å². The first-order chi connectivity index (χ1) is 12.0. The van der Waals surface area contributed by atoms with Crippen LogP contribution in [0.4, 0.5) is 26.3 Å². The SMILES string of the molecule is [O-][S+](c1ccccc1)c1ccc(OCC(O)(C(F)(F)F)C(F)(F)F)cc1. The molecule has 0 amide bonds. The topological polar surface area (TPSA) is 52.5 Å². The highest BCUT2D eigenvalue weighted by Gasteiger charge is 2.71. The summed E-state index contributed by atoms with van der Waals surface area (Å²) in [5.74, 6) is -0.342. The van der Waals surface area contributed by atoms with Gasteiger partial charge < -0.3 is 14.4 Å². The maximum Gasteiger partial charge on any atom is 0.429 e. The van der Waals surface area contributed by atoms with Gasteiger partial charge in [0.1, 0.15) is 12.4 Å². The Balaban J connectivity index is 2.12. The molecule has 0 aromatic heterocycles. The van der Waals surface area contributed by atoms with E-state index in [0.29, 0.717) is 4.90 Å². The second-order valence-electron chi connectivity index (χ2n) is 5.20. The molecule has 0 aliphatic heterocycles. The van der Waals surface area contributed by atoms with Crippen molar-refractivity contribution in [3.8, 4) is 5.75 Å². The van der Waals surface area contributed by atoms with Crippen LogP contribution in [0.5, 0.6) is 5.75 Å². The van der Waals surface area contributed by atoms with E-state index in [9.17, 15) is 30.9 Å². The van der Waals surface area contributed by atoms with Gasteiger partial charge in [0, 0.05) is 11.2 Å². The van der Waals surface area contributed by atoms with E-state index in [1.807, 2.05) is 0 Å². The summed E-state index contributed by atoms with van der Waals surface area (Å²) in [5.41, 5.74) is -4.99. The molecule has 0 aliphatic carbocycles. The van der Waals surface area contributed by atoms with Crippen molar-refractivity contribution in [3.63, 3.8) is 0 Å². The van der Waals surface area contributed by atoms with Crippen LogP contribution < -0.4 is 4.74 Å². The normalized spacial score (nSPS) is 14.2. The summed E-state index contributed by atoms with van der Waals surface area (Å²) >= 11 is -1.57. The van der Waals surface area contributed by atoms with Crippen molar-refractivity contribution in [2.75, 3.05) is 6.61 Å². The largest absolute Gasteiger partial charge is 0.606 e. The van der Waals surface area contributed by atoms with E-state index in [4.69, 9.17) is 5.11 Å². The van der Waals surface area contributed by atoms with E-state index in [2.05, 4.69) is 4.74 Å². The predicted molar refractivity (Wildman–Crippen MR) is 80.1 cm³/mol. The zero-order valence-corrected chi connectivity index (χ0v) is 13.7. The molecule has 0 saturated heterocycles. The number of hydrogen-bond acceptors (Lipinski definition) is 3. The third-order valence-electron chi connectivity index (χ3n) is 3.38. The molecule has 0 aliphatic rings. The lowest BCUT2D eigenvalue weighted by Crippen LogP contribution is -2.60. The van der Waals surface area contributed by atoms with Gasteiger partial charge in [-0.05, 0) is 36.4 Å². The van der Waals surface area contributed by atoms with E-state index in [0.717, 1.165) is 12.1 Å². The third kappa shape index (κ3) is 4.25. The molecule has 0 heterocycles. The van der Waals surface area contributed by atoms with Crippen molar-refractivity contribution < 1.29 is 40.7 Å². The lowest BCUT2D eigenvalue weighted by Gasteiger charge is -2.31. The predicted octanol–water partition coefficient (Wildman–Crippen LogP) is 4.09. The first-order valence-corrected chi connectivity index (χ1v) is 8.16. The number of benzene rings is 2. The van der Waals surface area contributed by atoms with Crippen LogP contribution in [0.1, 0.15) is 0 Å². The Labute approximate surface area is 147 Å². The van der Waals surface area contributed by atoms with Crippen LogP contribution in [0, 0.1) is 0 Å². The number of aliphatic hydroxyl groups is 1. The molecular weight excluding hydrogens is 386 g/mol. The maximum atomic E-state index is 12.6. The molecule has 10 heteroatoms. The molecule has 0 saturated carbocycles. The summed E-state index contributed by atoms with van der Waals surface area (Å²) in [5, 5.41) is 9.01. The Hall–Kier alpha value is -1.91. The van der Waals surface area contributed by atoms with Gasteiger partial charge in [0.2, 0.25) is 0 Å². The molecule has 3 nitrogen and oxygen atoms in total. The average molecular weight is 398 g/mol. The summed E-state index contributed by atoms with van der Waals surface area (Å²) in [4.78, 5) is 0.759. The van der Waals surface area contributed by atoms with E-state index >= 15 is 0 Å². The Kier molecular flexibility index (Phi) is 5.79. The minimum absolute atomic E-state index is 0.283. The molecule has 0 spiro atoms. The first kappa shape index (κ1) is 20.4. The van der Waals surface area contributed by atoms with Gasteiger partial charge in [-0.1, -0.05) is 18.2 Å². The van der Waals surface area contributed by atoms with Crippen LogP contribution >= 0.6 is 0 Å². The van der Waals surface area contributed by atoms with E-state index in [-0.39, 0.29) is 10.6 Å². The summed E-state index contributed by atoms with van der Waals surface area (Å²) in [6, 6.07) is 12.9. The van der Waals surface area contributed by atoms with E-state index in [1.54, 1.807) is 30.3 Å². The fraction of sp³-hybridized carbons (Fsp3) is 0.250. The lowest BCUT2D eigenvalue weighted by atomic mass is 10.0. The van der Waals surface area contributed by atoms with Crippen LogP contribution in [-0.4, -0.2) is 34.2 Å². The van der Waals surface area contributed by atoms with Crippen LogP contribution in [0.2, 0.25) is 0 Å². The summed E-state index contributed by atoms with van der Waals surface area (Å²) in [7, 11) is 0. The Morgan fingerprint density at radius 1 is 0.808 bits per heavy atom. The molecule has 26 heavy (non-hydrogen) atoms. The van der Waals surface area contributed by atoms with Crippen LogP contribution in [0.3, 0.4) is 0 Å². The molecule has 2 rings (SSSR count). The van der Waals surface area contributed by atoms with Crippen molar-refractivity contribution in [1.82, 2.24) is 0 Å². The van der Waals surface area contributed by atoms with Gasteiger partial charge in [0.05, 0.1) is 0 Å². The van der Waals surface area contributed by atoms with Crippen molar-refractivity contribution in [2.24, 2.45) is 0 Å². The molecule has 1 atom stereocenters. The van der Waals surface area contributed by atoms with Gasteiger partial charge in [0.15, 0.2) is 9.79 Å². The number of hydrogen-bond donors (Lipinski definition) is 1. The molecule has 142 valence electrons. The second-order valence-corrected chi connectivity index (χ2v) is 6.68. The van der Waals surface area contributed by atoms with Crippen molar-refractivity contribution in [1.29, 1.82) is 0 Å². The third-order valence-corrected chi connectivity index (χ3v) is 4.78. The number of halogens is 6.